The highest BCUT2D eigenvalue weighted by Gasteiger charge is 1.88. The van der Waals surface area contributed by atoms with E-state index in [-0.39, 0.29) is 0 Å². The van der Waals surface area contributed by atoms with Gasteiger partial charge in [0.15, 0.2) is 0 Å². The van der Waals surface area contributed by atoms with Gasteiger partial charge in [0.25, 0.3) is 0 Å². The number of hydrogen-bond donors (Lipinski definition) is 0. The van der Waals surface area contributed by atoms with Crippen molar-refractivity contribution in [1.29, 1.82) is 0 Å². The number of furan rings is 1. The lowest BCUT2D eigenvalue weighted by atomic mass is 10.2. The summed E-state index contributed by atoms with van der Waals surface area (Å²) in [6, 6.07) is 11.0. The van der Waals surface area contributed by atoms with Gasteiger partial charge in [-0.1, -0.05) is 23.7 Å². The number of rotatable bonds is 3. The molecule has 3 nitrogen and oxygen atoms in total. The van der Waals surface area contributed by atoms with Crippen molar-refractivity contribution >= 4 is 24.0 Å². The van der Waals surface area contributed by atoms with E-state index in [0.29, 0.717) is 10.8 Å². The van der Waals surface area contributed by atoms with Crippen LogP contribution < -0.4 is 0 Å². The van der Waals surface area contributed by atoms with Crippen molar-refractivity contribution < 1.29 is 4.42 Å². The lowest BCUT2D eigenvalue weighted by Gasteiger charge is -1.90. The van der Waals surface area contributed by atoms with Gasteiger partial charge in [-0.05, 0) is 29.8 Å². The van der Waals surface area contributed by atoms with Crippen LogP contribution in [0.25, 0.3) is 0 Å². The standard InChI is InChI=1S/C12H9ClN2O/c13-11-5-3-10(4-6-11)8-14-15-9-12-2-1-7-16-12/h1-9H. The lowest BCUT2D eigenvalue weighted by Crippen LogP contribution is -1.79. The van der Waals surface area contributed by atoms with Gasteiger partial charge < -0.3 is 4.42 Å². The first-order chi connectivity index (χ1) is 7.84. The van der Waals surface area contributed by atoms with Crippen molar-refractivity contribution in [2.24, 2.45) is 10.2 Å². The summed E-state index contributed by atoms with van der Waals surface area (Å²) in [5.74, 6) is 0.674. The molecule has 2 rings (SSSR count). The van der Waals surface area contributed by atoms with Crippen LogP contribution in [0.2, 0.25) is 5.02 Å². The quantitative estimate of drug-likeness (QED) is 0.591. The van der Waals surface area contributed by atoms with E-state index in [1.807, 2.05) is 12.1 Å². The van der Waals surface area contributed by atoms with Gasteiger partial charge in [-0.15, -0.1) is 0 Å². The molecule has 16 heavy (non-hydrogen) atoms. The average molecular weight is 233 g/mol. The molecule has 0 atom stereocenters. The van der Waals surface area contributed by atoms with Crippen molar-refractivity contribution in [3.63, 3.8) is 0 Å². The number of hydrogen-bond acceptors (Lipinski definition) is 3. The molecule has 0 aliphatic heterocycles. The van der Waals surface area contributed by atoms with Crippen LogP contribution in [0.3, 0.4) is 0 Å². The molecule has 0 saturated carbocycles. The second-order valence-corrected chi connectivity index (χ2v) is 3.49. The largest absolute Gasteiger partial charge is 0.463 e. The Bertz CT molecular complexity index is 486. The molecule has 0 amide bonds. The van der Waals surface area contributed by atoms with Crippen molar-refractivity contribution in [3.8, 4) is 0 Å². The maximum atomic E-state index is 5.75. The Kier molecular flexibility index (Phi) is 3.51. The van der Waals surface area contributed by atoms with Crippen LogP contribution >= 0.6 is 11.6 Å². The highest BCUT2D eigenvalue weighted by Crippen LogP contribution is 2.07. The molecular weight excluding hydrogens is 224 g/mol. The maximum absolute atomic E-state index is 5.75. The fourth-order valence-corrected chi connectivity index (χ4v) is 1.23. The minimum absolute atomic E-state index is 0.674. The highest BCUT2D eigenvalue weighted by atomic mass is 35.5. The molecule has 80 valence electrons. The van der Waals surface area contributed by atoms with Crippen LogP contribution in [0.15, 0.2) is 57.3 Å². The zero-order chi connectivity index (χ0) is 11.2. The van der Waals surface area contributed by atoms with Crippen LogP contribution in [0.4, 0.5) is 0 Å². The van der Waals surface area contributed by atoms with Gasteiger partial charge in [0.1, 0.15) is 5.76 Å². The van der Waals surface area contributed by atoms with E-state index in [0.717, 1.165) is 5.56 Å². The third kappa shape index (κ3) is 3.07. The fourth-order valence-electron chi connectivity index (χ4n) is 1.10. The van der Waals surface area contributed by atoms with E-state index in [9.17, 15) is 0 Å². The van der Waals surface area contributed by atoms with E-state index in [1.54, 1.807) is 43.0 Å². The van der Waals surface area contributed by atoms with Crippen LogP contribution in [0.1, 0.15) is 11.3 Å². The molecule has 1 aromatic carbocycles. The molecule has 0 fully saturated rings. The summed E-state index contributed by atoms with van der Waals surface area (Å²) >= 11 is 5.75. The maximum Gasteiger partial charge on any atom is 0.146 e. The molecule has 4 heteroatoms. The molecule has 0 radical (unpaired) electrons. The first kappa shape index (κ1) is 10.6. The summed E-state index contributed by atoms with van der Waals surface area (Å²) in [6.07, 6.45) is 4.78. The Hall–Kier alpha value is -1.87. The Morgan fingerprint density at radius 3 is 2.44 bits per heavy atom. The number of halogens is 1. The summed E-state index contributed by atoms with van der Waals surface area (Å²) < 4.78 is 5.06. The predicted molar refractivity (Wildman–Crippen MR) is 65.3 cm³/mol. The van der Waals surface area contributed by atoms with Crippen molar-refractivity contribution in [2.75, 3.05) is 0 Å². The van der Waals surface area contributed by atoms with Crippen LogP contribution in [-0.2, 0) is 0 Å². The summed E-state index contributed by atoms with van der Waals surface area (Å²) in [7, 11) is 0. The third-order valence-electron chi connectivity index (χ3n) is 1.87. The molecular formula is C12H9ClN2O. The average Bonchev–Trinajstić information content (AvgIpc) is 2.80. The molecule has 1 aromatic heterocycles. The van der Waals surface area contributed by atoms with Crippen molar-refractivity contribution in [3.05, 3.63) is 59.0 Å². The number of nitrogens with zero attached hydrogens (tertiary/aromatic N) is 2. The molecule has 0 spiro atoms. The molecule has 0 N–H and O–H groups in total. The molecule has 0 unspecified atom stereocenters. The van der Waals surface area contributed by atoms with E-state index in [4.69, 9.17) is 16.0 Å². The summed E-state index contributed by atoms with van der Waals surface area (Å²) in [5.41, 5.74) is 0.945. The molecule has 0 bridgehead atoms. The van der Waals surface area contributed by atoms with Gasteiger partial charge in [-0.2, -0.15) is 10.2 Å². The second kappa shape index (κ2) is 5.28. The predicted octanol–water partition coefficient (Wildman–Crippen LogP) is 3.39. The van der Waals surface area contributed by atoms with Gasteiger partial charge in [0.2, 0.25) is 0 Å². The zero-order valence-electron chi connectivity index (χ0n) is 8.38. The normalized spacial score (nSPS) is 11.6. The monoisotopic (exact) mass is 232 g/mol. The molecule has 0 saturated heterocycles. The summed E-state index contributed by atoms with van der Waals surface area (Å²) in [5, 5.41) is 8.44. The zero-order valence-corrected chi connectivity index (χ0v) is 9.13. The summed E-state index contributed by atoms with van der Waals surface area (Å²) in [4.78, 5) is 0. The van der Waals surface area contributed by atoms with Gasteiger partial charge in [-0.25, -0.2) is 0 Å². The topological polar surface area (TPSA) is 37.9 Å². The van der Waals surface area contributed by atoms with Crippen molar-refractivity contribution in [1.82, 2.24) is 0 Å². The Labute approximate surface area is 98.1 Å². The Morgan fingerprint density at radius 2 is 1.75 bits per heavy atom. The second-order valence-electron chi connectivity index (χ2n) is 3.06. The third-order valence-corrected chi connectivity index (χ3v) is 2.12. The van der Waals surface area contributed by atoms with Crippen molar-refractivity contribution in [2.45, 2.75) is 0 Å². The SMILES string of the molecule is Clc1ccc(C=NN=Cc2ccco2)cc1. The van der Waals surface area contributed by atoms with E-state index < -0.39 is 0 Å². The first-order valence-electron chi connectivity index (χ1n) is 4.70. The molecule has 0 aliphatic carbocycles. The Balaban J connectivity index is 1.97. The minimum atomic E-state index is 0.674. The first-order valence-corrected chi connectivity index (χ1v) is 5.08. The smallest absolute Gasteiger partial charge is 0.146 e. The van der Waals surface area contributed by atoms with Gasteiger partial charge in [0.05, 0.1) is 18.7 Å². The van der Waals surface area contributed by atoms with Crippen LogP contribution in [-0.4, -0.2) is 12.4 Å². The van der Waals surface area contributed by atoms with E-state index >= 15 is 0 Å². The van der Waals surface area contributed by atoms with Gasteiger partial charge in [0, 0.05) is 5.02 Å². The fraction of sp³-hybridized carbons (Fsp3) is 0. The number of benzene rings is 1. The van der Waals surface area contributed by atoms with Crippen LogP contribution in [0, 0.1) is 0 Å². The summed E-state index contributed by atoms with van der Waals surface area (Å²) in [6.45, 7) is 0. The van der Waals surface area contributed by atoms with Gasteiger partial charge >= 0.3 is 0 Å². The highest BCUT2D eigenvalue weighted by molar-refractivity contribution is 6.30. The van der Waals surface area contributed by atoms with Crippen LogP contribution in [0.5, 0.6) is 0 Å². The Morgan fingerprint density at radius 1 is 1.00 bits per heavy atom. The van der Waals surface area contributed by atoms with Gasteiger partial charge in [-0.3, -0.25) is 0 Å². The molecule has 1 heterocycles. The minimum Gasteiger partial charge on any atom is -0.463 e. The lowest BCUT2D eigenvalue weighted by molar-refractivity contribution is 0.560. The van der Waals surface area contributed by atoms with E-state index in [1.165, 1.54) is 0 Å². The molecule has 0 aliphatic rings. The molecule has 2 aromatic rings. The van der Waals surface area contributed by atoms with E-state index in [2.05, 4.69) is 10.2 Å².